The lowest BCUT2D eigenvalue weighted by Gasteiger charge is -2.01. The van der Waals surface area contributed by atoms with Gasteiger partial charge < -0.3 is 0 Å². The van der Waals surface area contributed by atoms with E-state index < -0.39 is 0 Å². The first-order valence-corrected chi connectivity index (χ1v) is 6.83. The number of carbonyl (C=O) groups excluding carboxylic acids is 1. The van der Waals surface area contributed by atoms with E-state index in [2.05, 4.69) is 75.4 Å². The van der Waals surface area contributed by atoms with Crippen LogP contribution in [-0.2, 0) is 0 Å². The second-order valence-corrected chi connectivity index (χ2v) is 5.13. The second kappa shape index (κ2) is 6.33. The predicted octanol–water partition coefficient (Wildman–Crippen LogP) is 4.76. The maximum atomic E-state index is 5.53. The highest BCUT2D eigenvalue weighted by atomic mass is 16.4. The van der Waals surface area contributed by atoms with Crippen molar-refractivity contribution >= 4 is 11.4 Å². The van der Waals surface area contributed by atoms with Crippen LogP contribution in [0.5, 0.6) is 0 Å². The molecule has 0 aliphatic rings. The highest BCUT2D eigenvalue weighted by Gasteiger charge is 2.11. The summed E-state index contributed by atoms with van der Waals surface area (Å²) in [5, 5.41) is 0. The van der Waals surface area contributed by atoms with Gasteiger partial charge in [0.05, 0.1) is 5.56 Å². The van der Waals surface area contributed by atoms with Gasteiger partial charge in [-0.2, -0.15) is 0 Å². The SMILES string of the molecule is C[O+]=C(/C=C(\C)c1ccc(C)cc1)c1ccc(C)cc1. The molecule has 2 rings (SSSR count). The molecule has 0 aliphatic heterocycles. The fourth-order valence-electron chi connectivity index (χ4n) is 2.07. The fourth-order valence-corrected chi connectivity index (χ4v) is 2.07. The van der Waals surface area contributed by atoms with Gasteiger partial charge in [-0.3, -0.25) is 4.42 Å². The zero-order chi connectivity index (χ0) is 14.5. The van der Waals surface area contributed by atoms with Crippen LogP contribution in [0.15, 0.2) is 54.6 Å². The number of aryl methyl sites for hydroxylation is 2. The van der Waals surface area contributed by atoms with E-state index in [1.807, 2.05) is 0 Å². The van der Waals surface area contributed by atoms with Crippen molar-refractivity contribution in [2.45, 2.75) is 20.8 Å². The Labute approximate surface area is 121 Å². The van der Waals surface area contributed by atoms with Gasteiger partial charge in [-0.25, -0.2) is 0 Å². The van der Waals surface area contributed by atoms with Crippen LogP contribution in [-0.4, -0.2) is 12.9 Å². The number of rotatable bonds is 3. The lowest BCUT2D eigenvalue weighted by atomic mass is 10.0. The van der Waals surface area contributed by atoms with Gasteiger partial charge in [0.25, 0.3) is 7.11 Å². The summed E-state index contributed by atoms with van der Waals surface area (Å²) in [5.41, 5.74) is 6.05. The van der Waals surface area contributed by atoms with Crippen LogP contribution in [0.25, 0.3) is 5.57 Å². The number of allylic oxidation sites excluding steroid dienone is 2. The minimum Gasteiger partial charge on any atom is -0.257 e. The Morgan fingerprint density at radius 2 is 1.25 bits per heavy atom. The van der Waals surface area contributed by atoms with E-state index in [0.29, 0.717) is 0 Å². The monoisotopic (exact) mass is 265 g/mol. The second-order valence-electron chi connectivity index (χ2n) is 5.13. The first-order chi connectivity index (χ1) is 9.60. The molecule has 20 heavy (non-hydrogen) atoms. The number of benzene rings is 2. The number of hydrogen-bond donors (Lipinski definition) is 0. The van der Waals surface area contributed by atoms with Crippen molar-refractivity contribution in [3.63, 3.8) is 0 Å². The van der Waals surface area contributed by atoms with E-state index in [9.17, 15) is 0 Å². The van der Waals surface area contributed by atoms with E-state index in [0.717, 1.165) is 11.3 Å². The molecule has 0 saturated heterocycles. The molecule has 2 aromatic rings. The molecule has 0 fully saturated rings. The molecule has 0 heterocycles. The maximum Gasteiger partial charge on any atom is 0.350 e. The summed E-state index contributed by atoms with van der Waals surface area (Å²) < 4.78 is 5.53. The Bertz CT molecular complexity index is 628. The minimum absolute atomic E-state index is 0.892. The molecule has 1 heteroatoms. The van der Waals surface area contributed by atoms with Gasteiger partial charge in [0.2, 0.25) is 0 Å². The molecule has 0 amide bonds. The van der Waals surface area contributed by atoms with E-state index in [-0.39, 0.29) is 0 Å². The van der Waals surface area contributed by atoms with Gasteiger partial charge in [0, 0.05) is 6.08 Å². The summed E-state index contributed by atoms with van der Waals surface area (Å²) in [4.78, 5) is 0. The molecule has 0 unspecified atom stereocenters. The van der Waals surface area contributed by atoms with Gasteiger partial charge >= 0.3 is 5.78 Å². The molecular weight excluding hydrogens is 244 g/mol. The summed E-state index contributed by atoms with van der Waals surface area (Å²) in [6.45, 7) is 6.30. The highest BCUT2D eigenvalue weighted by molar-refractivity contribution is 6.08. The topological polar surface area (TPSA) is 11.3 Å². The molecule has 0 spiro atoms. The molecule has 0 bridgehead atoms. The largest absolute Gasteiger partial charge is 0.350 e. The van der Waals surface area contributed by atoms with E-state index in [4.69, 9.17) is 4.42 Å². The molecule has 0 saturated carbocycles. The Morgan fingerprint density at radius 3 is 1.70 bits per heavy atom. The van der Waals surface area contributed by atoms with E-state index in [1.54, 1.807) is 7.11 Å². The molecule has 0 radical (unpaired) electrons. The van der Waals surface area contributed by atoms with Crippen LogP contribution in [0.4, 0.5) is 0 Å². The van der Waals surface area contributed by atoms with Crippen molar-refractivity contribution < 1.29 is 4.42 Å². The molecule has 0 aliphatic carbocycles. The van der Waals surface area contributed by atoms with Gasteiger partial charge in [0.1, 0.15) is 0 Å². The lowest BCUT2D eigenvalue weighted by Crippen LogP contribution is -1.98. The minimum atomic E-state index is 0.892. The average molecular weight is 265 g/mol. The molecule has 2 aromatic carbocycles. The molecule has 102 valence electrons. The Hall–Kier alpha value is -2.15. The first kappa shape index (κ1) is 14.3. The summed E-state index contributed by atoms with van der Waals surface area (Å²) >= 11 is 0. The molecule has 0 aromatic heterocycles. The Kier molecular flexibility index (Phi) is 4.52. The van der Waals surface area contributed by atoms with Crippen molar-refractivity contribution in [3.8, 4) is 0 Å². The smallest absolute Gasteiger partial charge is 0.257 e. The molecule has 0 N–H and O–H groups in total. The number of ketones is 1. The third kappa shape index (κ3) is 3.45. The van der Waals surface area contributed by atoms with Crippen LogP contribution in [0.1, 0.15) is 33.6 Å². The van der Waals surface area contributed by atoms with Crippen molar-refractivity contribution in [2.75, 3.05) is 7.11 Å². The zero-order valence-electron chi connectivity index (χ0n) is 12.6. The van der Waals surface area contributed by atoms with Crippen LogP contribution in [0.2, 0.25) is 0 Å². The normalized spacial score (nSPS) is 12.6. The molecule has 0 atom stereocenters. The lowest BCUT2D eigenvalue weighted by molar-refractivity contribution is -0.222. The Morgan fingerprint density at radius 1 is 0.800 bits per heavy atom. The first-order valence-electron chi connectivity index (χ1n) is 6.83. The third-order valence-corrected chi connectivity index (χ3v) is 3.41. The van der Waals surface area contributed by atoms with Crippen LogP contribution in [0, 0.1) is 13.8 Å². The molecular formula is C19H21O+. The van der Waals surface area contributed by atoms with Crippen molar-refractivity contribution in [3.05, 3.63) is 76.9 Å². The summed E-state index contributed by atoms with van der Waals surface area (Å²) in [5.74, 6) is 0.892. The Balaban J connectivity index is 2.31. The zero-order valence-corrected chi connectivity index (χ0v) is 12.6. The van der Waals surface area contributed by atoms with E-state index in [1.165, 1.54) is 22.3 Å². The summed E-state index contributed by atoms with van der Waals surface area (Å²) in [6.07, 6.45) is 2.09. The predicted molar refractivity (Wildman–Crippen MR) is 86.3 cm³/mol. The fraction of sp³-hybridized carbons (Fsp3) is 0.211. The van der Waals surface area contributed by atoms with Gasteiger partial charge in [-0.15, -0.1) is 0 Å². The van der Waals surface area contributed by atoms with Crippen LogP contribution < -0.4 is 0 Å². The third-order valence-electron chi connectivity index (χ3n) is 3.41. The van der Waals surface area contributed by atoms with Gasteiger partial charge in [-0.05, 0) is 44.0 Å². The standard InChI is InChI=1S/C19H21O/c1-14-5-9-17(10-6-14)16(3)13-19(20-4)18-11-7-15(2)8-12-18/h5-13H,1-4H3/q+1/b16-13+. The van der Waals surface area contributed by atoms with Gasteiger partial charge in [0.15, 0.2) is 0 Å². The van der Waals surface area contributed by atoms with Crippen LogP contribution in [0.3, 0.4) is 0 Å². The maximum absolute atomic E-state index is 5.53. The van der Waals surface area contributed by atoms with Crippen molar-refractivity contribution in [2.24, 2.45) is 0 Å². The van der Waals surface area contributed by atoms with Gasteiger partial charge in [-0.1, -0.05) is 47.5 Å². The quantitative estimate of drug-likeness (QED) is 0.431. The summed E-state index contributed by atoms with van der Waals surface area (Å²) in [6, 6.07) is 16.9. The van der Waals surface area contributed by atoms with Crippen LogP contribution >= 0.6 is 0 Å². The average Bonchev–Trinajstić information content (AvgIpc) is 2.46. The highest BCUT2D eigenvalue weighted by Crippen LogP contribution is 2.16. The molecule has 1 nitrogen and oxygen atoms in total. The number of hydrogen-bond acceptors (Lipinski definition) is 0. The summed E-state index contributed by atoms with van der Waals surface area (Å²) in [7, 11) is 1.72. The van der Waals surface area contributed by atoms with Crippen molar-refractivity contribution in [1.82, 2.24) is 0 Å². The van der Waals surface area contributed by atoms with E-state index >= 15 is 0 Å². The van der Waals surface area contributed by atoms with Crippen molar-refractivity contribution in [1.29, 1.82) is 0 Å².